The van der Waals surface area contributed by atoms with Gasteiger partial charge in [-0.05, 0) is 11.8 Å². The highest BCUT2D eigenvalue weighted by molar-refractivity contribution is 4.55. The summed E-state index contributed by atoms with van der Waals surface area (Å²) >= 11 is 0. The van der Waals surface area contributed by atoms with Gasteiger partial charge in [-0.3, -0.25) is 0 Å². The van der Waals surface area contributed by atoms with Crippen LogP contribution in [0.25, 0.3) is 0 Å². The van der Waals surface area contributed by atoms with Crippen LogP contribution in [-0.4, -0.2) is 0 Å². The summed E-state index contributed by atoms with van der Waals surface area (Å²) in [6.45, 7) is 9.43. The average molecular weight is 269 g/mol. The average Bonchev–Trinajstić information content (AvgIpc) is 2.42. The van der Waals surface area contributed by atoms with Crippen LogP contribution in [0, 0.1) is 11.8 Å². The van der Waals surface area contributed by atoms with Crippen molar-refractivity contribution in [3.63, 3.8) is 0 Å². The Bertz CT molecular complexity index is 161. The van der Waals surface area contributed by atoms with Crippen LogP contribution in [0.4, 0.5) is 0 Å². The van der Waals surface area contributed by atoms with Crippen molar-refractivity contribution in [1.82, 2.24) is 0 Å². The van der Waals surface area contributed by atoms with E-state index in [0.29, 0.717) is 0 Å². The molecule has 116 valence electrons. The summed E-state index contributed by atoms with van der Waals surface area (Å²) in [5, 5.41) is 0. The van der Waals surface area contributed by atoms with Gasteiger partial charge in [0, 0.05) is 0 Å². The molecule has 0 aliphatic carbocycles. The van der Waals surface area contributed by atoms with Crippen molar-refractivity contribution in [2.75, 3.05) is 0 Å². The Balaban J connectivity index is 3.10. The first kappa shape index (κ1) is 19.0. The summed E-state index contributed by atoms with van der Waals surface area (Å²) < 4.78 is 0. The standard InChI is InChI=1S/C19H40/c1-5-7-15-19(4)17-14-12-10-8-9-11-13-16-18(3)6-2/h18-19H,5-17H2,1-4H3/t18-,19+/m1/s1. The van der Waals surface area contributed by atoms with Gasteiger partial charge in [-0.1, -0.05) is 111 Å². The lowest BCUT2D eigenvalue weighted by Crippen LogP contribution is -1.94. The van der Waals surface area contributed by atoms with E-state index >= 15 is 0 Å². The van der Waals surface area contributed by atoms with E-state index < -0.39 is 0 Å². The van der Waals surface area contributed by atoms with E-state index in [4.69, 9.17) is 0 Å². The molecule has 0 fully saturated rings. The number of hydrogen-bond donors (Lipinski definition) is 0. The molecule has 0 spiro atoms. The van der Waals surface area contributed by atoms with Crippen molar-refractivity contribution >= 4 is 0 Å². The molecular formula is C19H40. The van der Waals surface area contributed by atoms with Crippen LogP contribution in [0.1, 0.15) is 111 Å². The Morgan fingerprint density at radius 1 is 0.526 bits per heavy atom. The second-order valence-corrected chi connectivity index (χ2v) is 6.81. The third kappa shape index (κ3) is 14.2. The normalized spacial score (nSPS) is 14.5. The number of unbranched alkanes of at least 4 members (excludes halogenated alkanes) is 7. The van der Waals surface area contributed by atoms with E-state index in [9.17, 15) is 0 Å². The van der Waals surface area contributed by atoms with E-state index in [1.807, 2.05) is 0 Å². The highest BCUT2D eigenvalue weighted by Gasteiger charge is 2.01. The van der Waals surface area contributed by atoms with Gasteiger partial charge in [0.1, 0.15) is 0 Å². The fourth-order valence-electron chi connectivity index (χ4n) is 2.77. The van der Waals surface area contributed by atoms with Crippen LogP contribution in [0.3, 0.4) is 0 Å². The molecule has 0 nitrogen and oxygen atoms in total. The molecule has 0 unspecified atom stereocenters. The first-order valence-electron chi connectivity index (χ1n) is 9.20. The zero-order valence-electron chi connectivity index (χ0n) is 14.3. The SMILES string of the molecule is CCCC[C@H](C)CCCCCCCCC[C@H](C)CC. The maximum Gasteiger partial charge on any atom is -0.0443 e. The maximum absolute atomic E-state index is 2.44. The van der Waals surface area contributed by atoms with E-state index in [1.165, 1.54) is 83.5 Å². The lowest BCUT2D eigenvalue weighted by molar-refractivity contribution is 0.437. The number of rotatable bonds is 14. The lowest BCUT2D eigenvalue weighted by atomic mass is 9.96. The maximum atomic E-state index is 2.44. The van der Waals surface area contributed by atoms with Crippen molar-refractivity contribution < 1.29 is 0 Å². The molecule has 2 atom stereocenters. The van der Waals surface area contributed by atoms with E-state index in [0.717, 1.165) is 11.8 Å². The molecule has 0 heteroatoms. The molecule has 0 aromatic carbocycles. The predicted octanol–water partition coefficient (Wildman–Crippen LogP) is 7.37. The van der Waals surface area contributed by atoms with Crippen molar-refractivity contribution in [2.45, 2.75) is 111 Å². The molecule has 0 amide bonds. The molecule has 0 N–H and O–H groups in total. The first-order chi connectivity index (χ1) is 9.20. The fourth-order valence-corrected chi connectivity index (χ4v) is 2.77. The molecule has 0 bridgehead atoms. The zero-order valence-corrected chi connectivity index (χ0v) is 14.3. The highest BCUT2D eigenvalue weighted by atomic mass is 14.1. The molecule has 0 saturated carbocycles. The molecule has 0 rings (SSSR count). The van der Waals surface area contributed by atoms with Gasteiger partial charge in [-0.25, -0.2) is 0 Å². The fraction of sp³-hybridized carbons (Fsp3) is 1.00. The minimum Gasteiger partial charge on any atom is -0.0654 e. The quantitative estimate of drug-likeness (QED) is 0.288. The molecule has 0 radical (unpaired) electrons. The molecule has 0 heterocycles. The summed E-state index contributed by atoms with van der Waals surface area (Å²) in [5.41, 5.74) is 0. The molecule has 0 aromatic rings. The van der Waals surface area contributed by atoms with Crippen molar-refractivity contribution in [3.05, 3.63) is 0 Å². The van der Waals surface area contributed by atoms with Crippen LogP contribution < -0.4 is 0 Å². The molecule has 0 saturated heterocycles. The summed E-state index contributed by atoms with van der Waals surface area (Å²) in [7, 11) is 0. The Morgan fingerprint density at radius 2 is 0.947 bits per heavy atom. The molecule has 0 aliphatic rings. The Labute approximate surface area is 123 Å². The third-order valence-electron chi connectivity index (χ3n) is 4.64. The van der Waals surface area contributed by atoms with Gasteiger partial charge in [0.2, 0.25) is 0 Å². The van der Waals surface area contributed by atoms with E-state index in [-0.39, 0.29) is 0 Å². The van der Waals surface area contributed by atoms with Crippen LogP contribution in [0.2, 0.25) is 0 Å². The molecule has 19 heavy (non-hydrogen) atoms. The summed E-state index contributed by atoms with van der Waals surface area (Å²) in [5.74, 6) is 1.92. The van der Waals surface area contributed by atoms with Gasteiger partial charge < -0.3 is 0 Å². The Hall–Kier alpha value is 0. The van der Waals surface area contributed by atoms with Gasteiger partial charge in [-0.2, -0.15) is 0 Å². The van der Waals surface area contributed by atoms with Crippen molar-refractivity contribution in [2.24, 2.45) is 11.8 Å². The van der Waals surface area contributed by atoms with Gasteiger partial charge in [0.25, 0.3) is 0 Å². The molecular weight excluding hydrogens is 228 g/mol. The highest BCUT2D eigenvalue weighted by Crippen LogP contribution is 2.18. The third-order valence-corrected chi connectivity index (χ3v) is 4.64. The van der Waals surface area contributed by atoms with Crippen molar-refractivity contribution in [1.29, 1.82) is 0 Å². The van der Waals surface area contributed by atoms with Crippen LogP contribution in [0.15, 0.2) is 0 Å². The van der Waals surface area contributed by atoms with Crippen LogP contribution in [-0.2, 0) is 0 Å². The smallest absolute Gasteiger partial charge is 0.0443 e. The van der Waals surface area contributed by atoms with Gasteiger partial charge in [0.15, 0.2) is 0 Å². The second kappa shape index (κ2) is 14.4. The largest absolute Gasteiger partial charge is 0.0654 e. The minimum atomic E-state index is 0.949. The topological polar surface area (TPSA) is 0 Å². The monoisotopic (exact) mass is 268 g/mol. The molecule has 0 aromatic heterocycles. The van der Waals surface area contributed by atoms with Crippen LogP contribution in [0.5, 0.6) is 0 Å². The minimum absolute atomic E-state index is 0.949. The summed E-state index contributed by atoms with van der Waals surface area (Å²) in [6.07, 6.45) is 18.8. The predicted molar refractivity (Wildman–Crippen MR) is 89.7 cm³/mol. The van der Waals surface area contributed by atoms with E-state index in [1.54, 1.807) is 0 Å². The number of hydrogen-bond acceptors (Lipinski definition) is 0. The Morgan fingerprint density at radius 3 is 1.42 bits per heavy atom. The first-order valence-corrected chi connectivity index (χ1v) is 9.20. The lowest BCUT2D eigenvalue weighted by Gasteiger charge is -2.10. The van der Waals surface area contributed by atoms with E-state index in [2.05, 4.69) is 27.7 Å². The zero-order chi connectivity index (χ0) is 14.3. The van der Waals surface area contributed by atoms with Gasteiger partial charge in [0.05, 0.1) is 0 Å². The Kier molecular flexibility index (Phi) is 14.4. The summed E-state index contributed by atoms with van der Waals surface area (Å²) in [4.78, 5) is 0. The van der Waals surface area contributed by atoms with Gasteiger partial charge >= 0.3 is 0 Å². The molecule has 0 aliphatic heterocycles. The van der Waals surface area contributed by atoms with Crippen molar-refractivity contribution in [3.8, 4) is 0 Å². The van der Waals surface area contributed by atoms with Gasteiger partial charge in [-0.15, -0.1) is 0 Å². The summed E-state index contributed by atoms with van der Waals surface area (Å²) in [6, 6.07) is 0. The second-order valence-electron chi connectivity index (χ2n) is 6.81. The van der Waals surface area contributed by atoms with Crippen LogP contribution >= 0.6 is 0 Å².